The molecule has 0 N–H and O–H groups in total. The number of rotatable bonds is 5. The summed E-state index contributed by atoms with van der Waals surface area (Å²) in [5.74, 6) is -2.39. The second kappa shape index (κ2) is 7.45. The molecule has 1 aliphatic carbocycles. The molecule has 0 spiro atoms. The van der Waals surface area contributed by atoms with E-state index >= 15 is 0 Å². The van der Waals surface area contributed by atoms with Crippen LogP contribution in [0.3, 0.4) is 0 Å². The van der Waals surface area contributed by atoms with Gasteiger partial charge in [-0.05, 0) is 45.6 Å². The van der Waals surface area contributed by atoms with Crippen LogP contribution in [0.1, 0.15) is 56.0 Å². The molecule has 2 aromatic heterocycles. The number of benzene rings is 1. The predicted molar refractivity (Wildman–Crippen MR) is 104 cm³/mol. The smallest absolute Gasteiger partial charge is 0.192 e. The number of aromatic nitrogens is 5. The van der Waals surface area contributed by atoms with Crippen LogP contribution in [0, 0.1) is 17.5 Å². The third-order valence-corrected chi connectivity index (χ3v) is 5.66. The fourth-order valence-corrected chi connectivity index (χ4v) is 4.20. The Balaban J connectivity index is 1.65. The Hall–Kier alpha value is -2.84. The predicted octanol–water partition coefficient (Wildman–Crippen LogP) is 4.04. The molecule has 9 heteroatoms. The molecule has 3 aromatic rings. The Labute approximate surface area is 172 Å². The van der Waals surface area contributed by atoms with Gasteiger partial charge in [0.1, 0.15) is 11.6 Å². The summed E-state index contributed by atoms with van der Waals surface area (Å²) >= 11 is 0. The quantitative estimate of drug-likeness (QED) is 0.627. The summed E-state index contributed by atoms with van der Waals surface area (Å²) in [6, 6.07) is 1.19. The number of ether oxygens (including phenoxy) is 1. The molecule has 0 fully saturated rings. The highest BCUT2D eigenvalue weighted by atomic mass is 19.1. The molecule has 1 atom stereocenters. The molecule has 0 saturated carbocycles. The van der Waals surface area contributed by atoms with E-state index in [0.717, 1.165) is 25.1 Å². The van der Waals surface area contributed by atoms with Crippen LogP contribution >= 0.6 is 0 Å². The number of fused-ring (bicyclic) bond motifs is 1. The Morgan fingerprint density at radius 1 is 1.17 bits per heavy atom. The lowest BCUT2D eigenvalue weighted by molar-refractivity contribution is 0.0820. The van der Waals surface area contributed by atoms with Gasteiger partial charge < -0.3 is 9.30 Å². The number of hydrogen-bond donors (Lipinski definition) is 0. The van der Waals surface area contributed by atoms with Crippen LogP contribution < -0.4 is 4.74 Å². The van der Waals surface area contributed by atoms with E-state index in [9.17, 15) is 13.2 Å². The molecule has 0 radical (unpaired) electrons. The normalized spacial score (nSPS) is 16.6. The van der Waals surface area contributed by atoms with Gasteiger partial charge >= 0.3 is 0 Å². The molecule has 2 heterocycles. The SMILES string of the molecule is CCn1c(C2CCc3c(cnn3C)C2)nnc1C(C)(C)Oc1c(F)cc(F)cc1F. The summed E-state index contributed by atoms with van der Waals surface area (Å²) in [7, 11) is 1.94. The Bertz CT molecular complexity index is 1070. The summed E-state index contributed by atoms with van der Waals surface area (Å²) in [5.41, 5.74) is 1.25. The fourth-order valence-electron chi connectivity index (χ4n) is 4.20. The zero-order valence-electron chi connectivity index (χ0n) is 17.4. The minimum Gasteiger partial charge on any atom is -0.474 e. The van der Waals surface area contributed by atoms with Crippen LogP contribution in [0.25, 0.3) is 0 Å². The fraction of sp³-hybridized carbons (Fsp3) is 0.476. The topological polar surface area (TPSA) is 57.8 Å². The standard InChI is InChI=1S/C21H24F3N5O/c1-5-29-19(12-6-7-17-13(8-12)11-25-28(17)4)26-27-20(29)21(2,3)30-18-15(23)9-14(22)10-16(18)24/h9-12H,5-8H2,1-4H3. The highest BCUT2D eigenvalue weighted by Crippen LogP contribution is 2.35. The first-order chi connectivity index (χ1) is 14.2. The number of halogens is 3. The van der Waals surface area contributed by atoms with Gasteiger partial charge in [-0.2, -0.15) is 5.10 Å². The van der Waals surface area contributed by atoms with Gasteiger partial charge in [0.05, 0.1) is 6.20 Å². The Kier molecular flexibility index (Phi) is 5.07. The minimum absolute atomic E-state index is 0.165. The van der Waals surface area contributed by atoms with Crippen molar-refractivity contribution in [3.8, 4) is 5.75 Å². The van der Waals surface area contributed by atoms with Gasteiger partial charge in [0.25, 0.3) is 0 Å². The van der Waals surface area contributed by atoms with Crippen molar-refractivity contribution in [2.45, 2.75) is 58.1 Å². The Morgan fingerprint density at radius 2 is 1.87 bits per heavy atom. The van der Waals surface area contributed by atoms with Crippen molar-refractivity contribution >= 4 is 0 Å². The largest absolute Gasteiger partial charge is 0.474 e. The lowest BCUT2D eigenvalue weighted by atomic mass is 9.87. The molecule has 1 aliphatic rings. The summed E-state index contributed by atoms with van der Waals surface area (Å²) < 4.78 is 51.0. The van der Waals surface area contributed by atoms with Gasteiger partial charge in [-0.1, -0.05) is 0 Å². The van der Waals surface area contributed by atoms with E-state index < -0.39 is 28.8 Å². The van der Waals surface area contributed by atoms with Gasteiger partial charge in [-0.3, -0.25) is 4.68 Å². The monoisotopic (exact) mass is 419 g/mol. The molecule has 4 rings (SSSR count). The molecule has 0 bridgehead atoms. The van der Waals surface area contributed by atoms with Crippen LogP contribution in [0.4, 0.5) is 13.2 Å². The molecule has 1 aromatic carbocycles. The van der Waals surface area contributed by atoms with E-state index in [1.165, 1.54) is 11.3 Å². The van der Waals surface area contributed by atoms with Crippen molar-refractivity contribution in [3.63, 3.8) is 0 Å². The maximum Gasteiger partial charge on any atom is 0.192 e. The molecule has 30 heavy (non-hydrogen) atoms. The van der Waals surface area contributed by atoms with E-state index in [4.69, 9.17) is 4.74 Å². The van der Waals surface area contributed by atoms with Crippen LogP contribution in [0.15, 0.2) is 18.3 Å². The van der Waals surface area contributed by atoms with Gasteiger partial charge in [-0.15, -0.1) is 10.2 Å². The van der Waals surface area contributed by atoms with Crippen LogP contribution in [-0.4, -0.2) is 24.5 Å². The molecule has 0 saturated heterocycles. The molecule has 0 amide bonds. The summed E-state index contributed by atoms with van der Waals surface area (Å²) in [4.78, 5) is 0. The maximum absolute atomic E-state index is 14.1. The van der Waals surface area contributed by atoms with E-state index in [2.05, 4.69) is 15.3 Å². The van der Waals surface area contributed by atoms with E-state index in [1.54, 1.807) is 13.8 Å². The average molecular weight is 419 g/mol. The van der Waals surface area contributed by atoms with Crippen molar-refractivity contribution in [2.24, 2.45) is 7.05 Å². The van der Waals surface area contributed by atoms with Crippen LogP contribution in [0.2, 0.25) is 0 Å². The maximum atomic E-state index is 14.1. The van der Waals surface area contributed by atoms with Crippen molar-refractivity contribution in [1.82, 2.24) is 24.5 Å². The molecule has 0 aliphatic heterocycles. The number of nitrogens with zero attached hydrogens (tertiary/aromatic N) is 5. The zero-order valence-corrected chi connectivity index (χ0v) is 17.4. The molecular weight excluding hydrogens is 395 g/mol. The number of aryl methyl sites for hydroxylation is 1. The number of hydrogen-bond acceptors (Lipinski definition) is 4. The van der Waals surface area contributed by atoms with Gasteiger partial charge in [0.15, 0.2) is 28.8 Å². The summed E-state index contributed by atoms with van der Waals surface area (Å²) in [6.07, 6.45) is 4.51. The van der Waals surface area contributed by atoms with Gasteiger partial charge in [0.2, 0.25) is 0 Å². The first kappa shape index (κ1) is 20.4. The summed E-state index contributed by atoms with van der Waals surface area (Å²) in [6.45, 7) is 5.86. The van der Waals surface area contributed by atoms with Crippen molar-refractivity contribution < 1.29 is 17.9 Å². The van der Waals surface area contributed by atoms with Crippen molar-refractivity contribution in [3.05, 3.63) is 58.7 Å². The third kappa shape index (κ3) is 3.46. The zero-order chi connectivity index (χ0) is 21.6. The average Bonchev–Trinajstić information content (AvgIpc) is 3.28. The van der Waals surface area contributed by atoms with Crippen molar-refractivity contribution in [1.29, 1.82) is 0 Å². The molecule has 6 nitrogen and oxygen atoms in total. The van der Waals surface area contributed by atoms with Gasteiger partial charge in [-0.25, -0.2) is 13.2 Å². The minimum atomic E-state index is -1.19. The highest BCUT2D eigenvalue weighted by Gasteiger charge is 2.35. The van der Waals surface area contributed by atoms with E-state index in [1.807, 2.05) is 29.4 Å². The second-order valence-corrected chi connectivity index (χ2v) is 8.12. The first-order valence-electron chi connectivity index (χ1n) is 9.98. The third-order valence-electron chi connectivity index (χ3n) is 5.66. The molecule has 1 unspecified atom stereocenters. The molecular formula is C21H24F3N5O. The van der Waals surface area contributed by atoms with E-state index in [-0.39, 0.29) is 5.92 Å². The van der Waals surface area contributed by atoms with Crippen LogP contribution in [0.5, 0.6) is 5.75 Å². The highest BCUT2D eigenvalue weighted by molar-refractivity contribution is 5.29. The van der Waals surface area contributed by atoms with Gasteiger partial charge in [0, 0.05) is 37.3 Å². The second-order valence-electron chi connectivity index (χ2n) is 8.12. The lowest BCUT2D eigenvalue weighted by Gasteiger charge is -2.28. The molecule has 160 valence electrons. The van der Waals surface area contributed by atoms with E-state index in [0.29, 0.717) is 24.5 Å². The lowest BCUT2D eigenvalue weighted by Crippen LogP contribution is -2.31. The first-order valence-corrected chi connectivity index (χ1v) is 9.98. The van der Waals surface area contributed by atoms with Crippen LogP contribution in [-0.2, 0) is 32.0 Å². The summed E-state index contributed by atoms with van der Waals surface area (Å²) in [5, 5.41) is 13.1. The van der Waals surface area contributed by atoms with Crippen molar-refractivity contribution in [2.75, 3.05) is 0 Å². The Morgan fingerprint density at radius 3 is 2.53 bits per heavy atom.